The Morgan fingerprint density at radius 2 is 2.17 bits per heavy atom. The molecule has 0 bridgehead atoms. The van der Waals surface area contributed by atoms with E-state index in [0.29, 0.717) is 25.9 Å². The molecule has 3 rings (SSSR count). The van der Waals surface area contributed by atoms with Gasteiger partial charge in [-0.05, 0) is 49.4 Å². The van der Waals surface area contributed by atoms with E-state index in [1.165, 1.54) is 11.1 Å². The van der Waals surface area contributed by atoms with Crippen molar-refractivity contribution in [2.45, 2.75) is 38.6 Å². The highest BCUT2D eigenvalue weighted by Gasteiger charge is 2.38. The number of Topliss-reactive ketones (excluding diaryl/α,β-unsaturated/α-hetero) is 1. The molecule has 0 radical (unpaired) electrons. The summed E-state index contributed by atoms with van der Waals surface area (Å²) < 4.78 is 23.6. The van der Waals surface area contributed by atoms with Crippen molar-refractivity contribution in [1.29, 1.82) is 0 Å². The number of methoxy groups -OCH3 is 1. The molecule has 0 aromatic heterocycles. The molecular formula is C19H26FNO3. The molecule has 4 nitrogen and oxygen atoms in total. The van der Waals surface area contributed by atoms with Gasteiger partial charge in [0.15, 0.2) is 11.5 Å². The average Bonchev–Trinajstić information content (AvgIpc) is 2.59. The van der Waals surface area contributed by atoms with Gasteiger partial charge in [-0.3, -0.25) is 14.1 Å². The third kappa shape index (κ3) is 3.27. The van der Waals surface area contributed by atoms with E-state index in [9.17, 15) is 9.18 Å². The van der Waals surface area contributed by atoms with E-state index in [0.717, 1.165) is 31.0 Å². The number of halogens is 1. The fraction of sp³-hybridized carbons (Fsp3) is 0.632. The molecule has 1 aromatic carbocycles. The van der Waals surface area contributed by atoms with Crippen LogP contribution >= 0.6 is 0 Å². The highest BCUT2D eigenvalue weighted by molar-refractivity contribution is 5.83. The van der Waals surface area contributed by atoms with Crippen LogP contribution < -0.4 is 9.47 Å². The lowest BCUT2D eigenvalue weighted by molar-refractivity contribution is -0.129. The molecule has 2 atom stereocenters. The summed E-state index contributed by atoms with van der Waals surface area (Å²) in [6.07, 6.45) is 2.61. The van der Waals surface area contributed by atoms with Crippen molar-refractivity contribution in [2.24, 2.45) is 5.92 Å². The number of carbonyl (C=O) groups is 1. The van der Waals surface area contributed by atoms with E-state index in [2.05, 4.69) is 11.0 Å². The number of piperidine rings is 1. The molecule has 0 spiro atoms. The first-order valence-electron chi connectivity index (χ1n) is 8.84. The average molecular weight is 335 g/mol. The van der Waals surface area contributed by atoms with Crippen LogP contribution in [-0.4, -0.2) is 44.2 Å². The third-order valence-corrected chi connectivity index (χ3v) is 5.18. The maximum absolute atomic E-state index is 12.5. The topological polar surface area (TPSA) is 38.8 Å². The second-order valence-electron chi connectivity index (χ2n) is 6.59. The third-order valence-electron chi connectivity index (χ3n) is 5.18. The molecule has 0 unspecified atom stereocenters. The van der Waals surface area contributed by atoms with Crippen LogP contribution in [0.3, 0.4) is 0 Å². The lowest BCUT2D eigenvalue weighted by Crippen LogP contribution is -2.46. The zero-order valence-corrected chi connectivity index (χ0v) is 14.5. The van der Waals surface area contributed by atoms with Crippen molar-refractivity contribution in [3.05, 3.63) is 23.3 Å². The number of rotatable bonds is 6. The van der Waals surface area contributed by atoms with Gasteiger partial charge in [-0.15, -0.1) is 0 Å². The summed E-state index contributed by atoms with van der Waals surface area (Å²) >= 11 is 0. The van der Waals surface area contributed by atoms with Crippen LogP contribution in [0.15, 0.2) is 12.1 Å². The summed E-state index contributed by atoms with van der Waals surface area (Å²) in [4.78, 5) is 14.9. The van der Waals surface area contributed by atoms with Crippen molar-refractivity contribution in [3.8, 4) is 11.5 Å². The zero-order valence-electron chi connectivity index (χ0n) is 14.5. The number of fused-ring (bicyclic) bond motifs is 3. The SMILES string of the molecule is CCOc1cc2c(cc1OC)CCN1C[C@@H](CCC[19F])C(=O)C[C@H]21. The molecule has 2 aliphatic heterocycles. The molecule has 24 heavy (non-hydrogen) atoms. The molecule has 0 amide bonds. The Labute approximate surface area is 142 Å². The van der Waals surface area contributed by atoms with Crippen molar-refractivity contribution < 1.29 is 18.7 Å². The predicted octanol–water partition coefficient (Wildman–Crippen LogP) is 3.33. The normalized spacial score (nSPS) is 23.5. The minimum Gasteiger partial charge on any atom is -0.493 e. The number of carbonyl (C=O) groups excluding carboxylic acids is 1. The largest absolute Gasteiger partial charge is 0.493 e. The van der Waals surface area contributed by atoms with E-state index in [1.807, 2.05) is 13.0 Å². The van der Waals surface area contributed by atoms with Crippen LogP contribution in [0.25, 0.3) is 0 Å². The molecule has 1 aromatic rings. The molecule has 0 aliphatic carbocycles. The van der Waals surface area contributed by atoms with Crippen molar-refractivity contribution in [3.63, 3.8) is 0 Å². The summed E-state index contributed by atoms with van der Waals surface area (Å²) in [6.45, 7) is 3.87. The lowest BCUT2D eigenvalue weighted by atomic mass is 9.81. The first-order chi connectivity index (χ1) is 11.7. The summed E-state index contributed by atoms with van der Waals surface area (Å²) in [7, 11) is 1.65. The van der Waals surface area contributed by atoms with Crippen LogP contribution in [0.1, 0.15) is 43.4 Å². The Hall–Kier alpha value is -1.62. The zero-order chi connectivity index (χ0) is 17.1. The molecule has 2 aliphatic rings. The highest BCUT2D eigenvalue weighted by Crippen LogP contribution is 2.42. The monoisotopic (exact) mass is 335 g/mol. The second-order valence-corrected chi connectivity index (χ2v) is 6.59. The van der Waals surface area contributed by atoms with Gasteiger partial charge in [0.2, 0.25) is 0 Å². The van der Waals surface area contributed by atoms with Gasteiger partial charge in [-0.2, -0.15) is 0 Å². The number of ketones is 1. The smallest absolute Gasteiger partial charge is 0.161 e. The number of ether oxygens (including phenoxy) is 2. The number of benzene rings is 1. The van der Waals surface area contributed by atoms with Crippen molar-refractivity contribution >= 4 is 5.78 Å². The fourth-order valence-corrected chi connectivity index (χ4v) is 3.96. The summed E-state index contributed by atoms with van der Waals surface area (Å²) in [5.41, 5.74) is 2.43. The number of hydrogen-bond acceptors (Lipinski definition) is 4. The Morgan fingerprint density at radius 1 is 1.33 bits per heavy atom. The van der Waals surface area contributed by atoms with Crippen LogP contribution in [0.4, 0.5) is 4.39 Å². The van der Waals surface area contributed by atoms with E-state index in [-0.39, 0.29) is 24.4 Å². The van der Waals surface area contributed by atoms with Gasteiger partial charge in [0, 0.05) is 31.5 Å². The van der Waals surface area contributed by atoms with Gasteiger partial charge in [0.25, 0.3) is 0 Å². The molecule has 1 saturated heterocycles. The first-order valence-corrected chi connectivity index (χ1v) is 8.84. The number of alkyl halides is 1. The Kier molecular flexibility index (Phi) is 5.39. The van der Waals surface area contributed by atoms with Gasteiger partial charge < -0.3 is 9.47 Å². The minimum absolute atomic E-state index is 0.0110. The predicted molar refractivity (Wildman–Crippen MR) is 90.5 cm³/mol. The van der Waals surface area contributed by atoms with Gasteiger partial charge >= 0.3 is 0 Å². The molecule has 132 valence electrons. The van der Waals surface area contributed by atoms with Gasteiger partial charge in [-0.1, -0.05) is 0 Å². The van der Waals surface area contributed by atoms with Crippen LogP contribution in [-0.2, 0) is 11.2 Å². The van der Waals surface area contributed by atoms with Gasteiger partial charge in [0.05, 0.1) is 20.4 Å². The summed E-state index contributed by atoms with van der Waals surface area (Å²) in [6, 6.07) is 4.22. The molecule has 2 heterocycles. The lowest BCUT2D eigenvalue weighted by Gasteiger charge is -2.43. The van der Waals surface area contributed by atoms with E-state index < -0.39 is 0 Å². The molecular weight excluding hydrogens is 309 g/mol. The Bertz CT molecular complexity index is 605. The summed E-state index contributed by atoms with van der Waals surface area (Å²) in [5, 5.41) is 0. The van der Waals surface area contributed by atoms with Gasteiger partial charge in [0.1, 0.15) is 5.78 Å². The Balaban J connectivity index is 1.85. The number of nitrogens with zero attached hydrogens (tertiary/aromatic N) is 1. The van der Waals surface area contributed by atoms with E-state index in [4.69, 9.17) is 9.47 Å². The van der Waals surface area contributed by atoms with E-state index in [1.54, 1.807) is 7.11 Å². The maximum Gasteiger partial charge on any atom is 0.161 e. The van der Waals surface area contributed by atoms with Crippen LogP contribution in [0.5, 0.6) is 11.5 Å². The molecule has 1 fully saturated rings. The maximum atomic E-state index is 12.5. The Morgan fingerprint density at radius 3 is 2.88 bits per heavy atom. The first kappa shape index (κ1) is 17.2. The van der Waals surface area contributed by atoms with Crippen molar-refractivity contribution in [1.82, 2.24) is 4.90 Å². The highest BCUT2D eigenvalue weighted by atomic mass is 19.1. The minimum atomic E-state index is -0.340. The van der Waals surface area contributed by atoms with Crippen LogP contribution in [0.2, 0.25) is 0 Å². The molecule has 5 heteroatoms. The standard InChI is InChI=1S/C19H26FNO3/c1-3-24-19-10-15-13(9-18(19)23-2)6-8-21-12-14(5-4-7-20)17(22)11-16(15)21/h9-10,14,16H,3-8,11-12H2,1-2H3/t14-,16-/m1/s1/i20+0. The summed E-state index contributed by atoms with van der Waals surface area (Å²) in [5.74, 6) is 1.76. The van der Waals surface area contributed by atoms with Crippen molar-refractivity contribution in [2.75, 3.05) is 33.5 Å². The molecule has 0 saturated carbocycles. The second kappa shape index (κ2) is 7.51. The van der Waals surface area contributed by atoms with Gasteiger partial charge in [-0.25, -0.2) is 0 Å². The van der Waals surface area contributed by atoms with E-state index >= 15 is 0 Å². The molecule has 0 N–H and O–H groups in total. The fourth-order valence-electron chi connectivity index (χ4n) is 3.96. The number of hydrogen-bond donors (Lipinski definition) is 0. The van der Waals surface area contributed by atoms with Crippen LogP contribution in [0, 0.1) is 5.92 Å². The quantitative estimate of drug-likeness (QED) is 0.799.